The topological polar surface area (TPSA) is 68.8 Å². The van der Waals surface area contributed by atoms with Gasteiger partial charge >= 0.3 is 0 Å². The first-order chi connectivity index (χ1) is 11.0. The fraction of sp³-hybridized carbons (Fsp3) is 0.562. The minimum absolute atomic E-state index is 0.111. The second-order valence-electron chi connectivity index (χ2n) is 5.95. The number of hydrogen-bond donors (Lipinski definition) is 1. The van der Waals surface area contributed by atoms with Crippen molar-refractivity contribution in [2.75, 3.05) is 58.3 Å². The molecule has 0 saturated carbocycles. The van der Waals surface area contributed by atoms with Crippen molar-refractivity contribution in [3.05, 3.63) is 24.0 Å². The molecule has 0 spiro atoms. The van der Waals surface area contributed by atoms with E-state index in [4.69, 9.17) is 0 Å². The second kappa shape index (κ2) is 7.92. The van der Waals surface area contributed by atoms with Crippen molar-refractivity contribution in [1.82, 2.24) is 20.1 Å². The molecule has 1 saturated heterocycles. The Bertz CT molecular complexity index is 553. The molecule has 23 heavy (non-hydrogen) atoms. The molecule has 1 aromatic rings. The fourth-order valence-electron chi connectivity index (χ4n) is 2.50. The molecular weight excluding hydrogens is 294 g/mol. The zero-order chi connectivity index (χ0) is 16.8. The standard InChI is InChI=1S/C16H25N5O2/c1-13(22)20-8-10-21(11-9-20)14-4-5-17-15(12-14)16(23)18-6-7-19(2)3/h4-5,12H,6-11H2,1-3H3,(H,18,23). The van der Waals surface area contributed by atoms with Crippen LogP contribution in [0.25, 0.3) is 0 Å². The first-order valence-corrected chi connectivity index (χ1v) is 7.87. The Labute approximate surface area is 137 Å². The number of amides is 2. The summed E-state index contributed by atoms with van der Waals surface area (Å²) in [7, 11) is 3.93. The Morgan fingerprint density at radius 3 is 2.57 bits per heavy atom. The monoisotopic (exact) mass is 319 g/mol. The van der Waals surface area contributed by atoms with Crippen LogP contribution in [-0.4, -0.2) is 80.0 Å². The van der Waals surface area contributed by atoms with E-state index >= 15 is 0 Å². The number of carbonyl (C=O) groups is 2. The summed E-state index contributed by atoms with van der Waals surface area (Å²) in [5, 5.41) is 2.87. The Hall–Kier alpha value is -2.15. The Morgan fingerprint density at radius 1 is 1.26 bits per heavy atom. The Kier molecular flexibility index (Phi) is 5.92. The van der Waals surface area contributed by atoms with Crippen molar-refractivity contribution in [2.45, 2.75) is 6.92 Å². The van der Waals surface area contributed by atoms with Crippen molar-refractivity contribution < 1.29 is 9.59 Å². The van der Waals surface area contributed by atoms with E-state index in [1.54, 1.807) is 13.1 Å². The predicted octanol–water partition coefficient (Wildman–Crippen LogP) is 0.0415. The lowest BCUT2D eigenvalue weighted by Gasteiger charge is -2.35. The maximum absolute atomic E-state index is 12.1. The summed E-state index contributed by atoms with van der Waals surface area (Å²) < 4.78 is 0. The van der Waals surface area contributed by atoms with Gasteiger partial charge in [0.05, 0.1) is 0 Å². The SMILES string of the molecule is CC(=O)N1CCN(c2ccnc(C(=O)NCCN(C)C)c2)CC1. The number of piperazine rings is 1. The number of likely N-dealkylation sites (N-methyl/N-ethyl adjacent to an activating group) is 1. The predicted molar refractivity (Wildman–Crippen MR) is 89.6 cm³/mol. The summed E-state index contributed by atoms with van der Waals surface area (Å²) in [6, 6.07) is 3.72. The van der Waals surface area contributed by atoms with Crippen LogP contribution in [0.2, 0.25) is 0 Å². The zero-order valence-electron chi connectivity index (χ0n) is 14.1. The summed E-state index contributed by atoms with van der Waals surface area (Å²) in [6.07, 6.45) is 1.66. The average Bonchev–Trinajstić information content (AvgIpc) is 2.54. The molecule has 0 atom stereocenters. The molecule has 2 amide bonds. The van der Waals surface area contributed by atoms with Gasteiger partial charge in [-0.15, -0.1) is 0 Å². The lowest BCUT2D eigenvalue weighted by Crippen LogP contribution is -2.48. The quantitative estimate of drug-likeness (QED) is 0.830. The summed E-state index contributed by atoms with van der Waals surface area (Å²) in [6.45, 7) is 5.94. The number of carbonyl (C=O) groups excluding carboxylic acids is 2. The number of nitrogens with zero attached hydrogens (tertiary/aromatic N) is 4. The normalized spacial score (nSPS) is 15.0. The number of rotatable bonds is 5. The zero-order valence-corrected chi connectivity index (χ0v) is 14.1. The summed E-state index contributed by atoms with van der Waals surface area (Å²) >= 11 is 0. The van der Waals surface area contributed by atoms with Gasteiger partial charge in [0, 0.05) is 58.1 Å². The van der Waals surface area contributed by atoms with E-state index < -0.39 is 0 Å². The van der Waals surface area contributed by atoms with Crippen molar-refractivity contribution in [3.8, 4) is 0 Å². The van der Waals surface area contributed by atoms with E-state index in [1.807, 2.05) is 36.0 Å². The molecule has 0 radical (unpaired) electrons. The van der Waals surface area contributed by atoms with E-state index in [0.717, 1.165) is 25.3 Å². The van der Waals surface area contributed by atoms with Gasteiger partial charge < -0.3 is 20.0 Å². The van der Waals surface area contributed by atoms with Crippen molar-refractivity contribution in [3.63, 3.8) is 0 Å². The first kappa shape index (κ1) is 17.2. The van der Waals surface area contributed by atoms with Gasteiger partial charge in [0.25, 0.3) is 5.91 Å². The lowest BCUT2D eigenvalue weighted by atomic mass is 10.2. The minimum atomic E-state index is -0.156. The molecule has 7 nitrogen and oxygen atoms in total. The summed E-state index contributed by atoms with van der Waals surface area (Å²) in [5.41, 5.74) is 1.40. The average molecular weight is 319 g/mol. The van der Waals surface area contributed by atoms with Crippen molar-refractivity contribution in [2.24, 2.45) is 0 Å². The van der Waals surface area contributed by atoms with E-state index in [1.165, 1.54) is 0 Å². The highest BCUT2D eigenvalue weighted by Crippen LogP contribution is 2.17. The molecule has 0 unspecified atom stereocenters. The highest BCUT2D eigenvalue weighted by molar-refractivity contribution is 5.93. The number of aromatic nitrogens is 1. The number of hydrogen-bond acceptors (Lipinski definition) is 5. The van der Waals surface area contributed by atoms with Crippen LogP contribution >= 0.6 is 0 Å². The maximum Gasteiger partial charge on any atom is 0.269 e. The molecule has 7 heteroatoms. The highest BCUT2D eigenvalue weighted by atomic mass is 16.2. The highest BCUT2D eigenvalue weighted by Gasteiger charge is 2.19. The van der Waals surface area contributed by atoms with Crippen molar-refractivity contribution in [1.29, 1.82) is 0 Å². The molecule has 1 aromatic heterocycles. The molecule has 2 heterocycles. The number of nitrogens with one attached hydrogen (secondary N) is 1. The Balaban J connectivity index is 1.94. The van der Waals surface area contributed by atoms with Crippen molar-refractivity contribution >= 4 is 17.5 Å². The van der Waals surface area contributed by atoms with Gasteiger partial charge in [0.2, 0.25) is 5.91 Å². The van der Waals surface area contributed by atoms with Crippen LogP contribution in [0.15, 0.2) is 18.3 Å². The molecule has 1 aliphatic heterocycles. The third-order valence-corrected chi connectivity index (χ3v) is 3.91. The molecule has 1 aliphatic rings. The largest absolute Gasteiger partial charge is 0.368 e. The van der Waals surface area contributed by atoms with Gasteiger partial charge in [0.15, 0.2) is 0 Å². The smallest absolute Gasteiger partial charge is 0.269 e. The Morgan fingerprint density at radius 2 is 1.96 bits per heavy atom. The number of pyridine rings is 1. The molecule has 126 valence electrons. The summed E-state index contributed by atoms with van der Waals surface area (Å²) in [5.74, 6) is -0.0450. The van der Waals surface area contributed by atoms with Crippen LogP contribution in [-0.2, 0) is 4.79 Å². The first-order valence-electron chi connectivity index (χ1n) is 7.87. The maximum atomic E-state index is 12.1. The van der Waals surface area contributed by atoms with Crippen LogP contribution in [0.5, 0.6) is 0 Å². The fourth-order valence-corrected chi connectivity index (χ4v) is 2.50. The van der Waals surface area contributed by atoms with E-state index in [0.29, 0.717) is 25.3 Å². The van der Waals surface area contributed by atoms with Gasteiger partial charge in [-0.3, -0.25) is 14.6 Å². The molecule has 0 aromatic carbocycles. The third-order valence-electron chi connectivity index (χ3n) is 3.91. The molecule has 1 fully saturated rings. The molecule has 2 rings (SSSR count). The molecule has 0 aliphatic carbocycles. The van der Waals surface area contributed by atoms with Gasteiger partial charge in [-0.2, -0.15) is 0 Å². The van der Waals surface area contributed by atoms with Crippen LogP contribution in [0.4, 0.5) is 5.69 Å². The van der Waals surface area contributed by atoms with Crippen LogP contribution < -0.4 is 10.2 Å². The van der Waals surface area contributed by atoms with Gasteiger partial charge in [-0.1, -0.05) is 0 Å². The number of anilines is 1. The van der Waals surface area contributed by atoms with E-state index in [-0.39, 0.29) is 11.8 Å². The third kappa shape index (κ3) is 4.92. The minimum Gasteiger partial charge on any atom is -0.368 e. The lowest BCUT2D eigenvalue weighted by molar-refractivity contribution is -0.129. The second-order valence-corrected chi connectivity index (χ2v) is 5.95. The van der Waals surface area contributed by atoms with Gasteiger partial charge in [-0.25, -0.2) is 0 Å². The molecule has 1 N–H and O–H groups in total. The van der Waals surface area contributed by atoms with Crippen LogP contribution in [0.3, 0.4) is 0 Å². The molecule has 0 bridgehead atoms. The van der Waals surface area contributed by atoms with Crippen LogP contribution in [0.1, 0.15) is 17.4 Å². The van der Waals surface area contributed by atoms with E-state index in [9.17, 15) is 9.59 Å². The van der Waals surface area contributed by atoms with Crippen LogP contribution in [0, 0.1) is 0 Å². The van der Waals surface area contributed by atoms with Gasteiger partial charge in [0.1, 0.15) is 5.69 Å². The van der Waals surface area contributed by atoms with Gasteiger partial charge in [-0.05, 0) is 26.2 Å². The summed E-state index contributed by atoms with van der Waals surface area (Å²) in [4.78, 5) is 33.7. The van der Waals surface area contributed by atoms with E-state index in [2.05, 4.69) is 15.2 Å². The molecular formula is C16H25N5O2.